The first kappa shape index (κ1) is 15.1. The topological polar surface area (TPSA) is 29.5 Å². The number of amides is 1. The Bertz CT molecular complexity index is 587. The summed E-state index contributed by atoms with van der Waals surface area (Å²) in [5, 5.41) is 4.29. The van der Waals surface area contributed by atoms with E-state index in [1.807, 2.05) is 25.7 Å². The maximum Gasteiger partial charge on any atom is 0.411 e. The number of hydrogen-bond acceptors (Lipinski definition) is 3. The van der Waals surface area contributed by atoms with Crippen LogP contribution >= 0.6 is 27.3 Å². The fourth-order valence-corrected chi connectivity index (χ4v) is 4.71. The number of carbonyl (C=O) groups is 1. The molecular weight excluding hydrogens is 350 g/mol. The number of hydrogen-bond donors (Lipinski definition) is 0. The Morgan fingerprint density at radius 1 is 1.38 bits per heavy atom. The van der Waals surface area contributed by atoms with Crippen LogP contribution in [0.5, 0.6) is 0 Å². The molecule has 3 nitrogen and oxygen atoms in total. The molecule has 1 amide bonds. The van der Waals surface area contributed by atoms with Crippen LogP contribution in [-0.2, 0) is 4.74 Å². The minimum Gasteiger partial charge on any atom is -0.444 e. The van der Waals surface area contributed by atoms with Gasteiger partial charge in [-0.15, -0.1) is 0 Å². The van der Waals surface area contributed by atoms with Crippen molar-refractivity contribution < 1.29 is 9.53 Å². The van der Waals surface area contributed by atoms with Crippen molar-refractivity contribution in [2.24, 2.45) is 0 Å². The molecule has 2 aliphatic rings. The second-order valence-corrected chi connectivity index (χ2v) is 8.31. The van der Waals surface area contributed by atoms with Crippen molar-refractivity contribution in [3.05, 3.63) is 26.9 Å². The summed E-state index contributed by atoms with van der Waals surface area (Å²) >= 11 is 5.31. The Labute approximate surface area is 138 Å². The molecule has 0 N–H and O–H groups in total. The van der Waals surface area contributed by atoms with E-state index in [1.165, 1.54) is 11.1 Å². The van der Waals surface area contributed by atoms with Crippen LogP contribution in [0.25, 0.3) is 5.57 Å². The number of ether oxygens (including phenoxy) is 1. The van der Waals surface area contributed by atoms with Gasteiger partial charge in [0.1, 0.15) is 5.60 Å². The minimum absolute atomic E-state index is 0.172. The van der Waals surface area contributed by atoms with Gasteiger partial charge in [0.25, 0.3) is 0 Å². The summed E-state index contributed by atoms with van der Waals surface area (Å²) < 4.78 is 6.71. The van der Waals surface area contributed by atoms with E-state index < -0.39 is 5.60 Å². The van der Waals surface area contributed by atoms with Gasteiger partial charge in [-0.25, -0.2) is 4.79 Å². The number of nitrogens with zero attached hydrogens (tertiary/aromatic N) is 1. The number of thiophene rings is 1. The van der Waals surface area contributed by atoms with Gasteiger partial charge in [-0.05, 0) is 66.9 Å². The third-order valence-corrected chi connectivity index (χ3v) is 5.66. The zero-order valence-electron chi connectivity index (χ0n) is 12.6. The summed E-state index contributed by atoms with van der Waals surface area (Å²) in [6.45, 7) is 5.75. The van der Waals surface area contributed by atoms with Gasteiger partial charge < -0.3 is 4.74 Å². The Balaban J connectivity index is 1.82. The predicted octanol–water partition coefficient (Wildman–Crippen LogP) is 5.07. The lowest BCUT2D eigenvalue weighted by molar-refractivity contribution is 0.0175. The number of carbonyl (C=O) groups excluding carboxylic acids is 1. The molecule has 2 unspecified atom stereocenters. The van der Waals surface area contributed by atoms with Crippen molar-refractivity contribution in [2.75, 3.05) is 0 Å². The molecule has 2 bridgehead atoms. The van der Waals surface area contributed by atoms with Gasteiger partial charge in [0.15, 0.2) is 0 Å². The van der Waals surface area contributed by atoms with E-state index in [0.29, 0.717) is 0 Å². The smallest absolute Gasteiger partial charge is 0.411 e. The molecular formula is C16H20BrNO2S. The lowest BCUT2D eigenvalue weighted by Crippen LogP contribution is -2.45. The van der Waals surface area contributed by atoms with E-state index in [9.17, 15) is 4.79 Å². The standard InChI is InChI=1S/C16H20BrNO2S/c1-16(2,3)20-15(19)18-11-4-5-12(18)7-10(6-11)13-8-21-9-14(13)17/h6,8-9,11-12H,4-5,7H2,1-3H3. The van der Waals surface area contributed by atoms with Gasteiger partial charge in [-0.1, -0.05) is 6.08 Å². The van der Waals surface area contributed by atoms with Crippen molar-refractivity contribution in [3.63, 3.8) is 0 Å². The van der Waals surface area contributed by atoms with Gasteiger partial charge in [-0.3, -0.25) is 4.90 Å². The van der Waals surface area contributed by atoms with Crippen molar-refractivity contribution in [2.45, 2.75) is 57.7 Å². The van der Waals surface area contributed by atoms with Gasteiger partial charge >= 0.3 is 6.09 Å². The second kappa shape index (κ2) is 5.43. The highest BCUT2D eigenvalue weighted by atomic mass is 79.9. The Hall–Kier alpha value is -0.810. The van der Waals surface area contributed by atoms with Crippen molar-refractivity contribution in [3.8, 4) is 0 Å². The molecule has 2 atom stereocenters. The van der Waals surface area contributed by atoms with Gasteiger partial charge in [0.05, 0.1) is 6.04 Å². The molecule has 0 spiro atoms. The van der Waals surface area contributed by atoms with Gasteiger partial charge in [-0.2, -0.15) is 11.3 Å². The summed E-state index contributed by atoms with van der Waals surface area (Å²) in [6, 6.07) is 0.456. The molecule has 0 aliphatic carbocycles. The fraction of sp³-hybridized carbons (Fsp3) is 0.562. The first-order chi connectivity index (χ1) is 9.85. The van der Waals surface area contributed by atoms with Crippen molar-refractivity contribution in [1.82, 2.24) is 4.90 Å². The molecule has 3 rings (SSSR count). The summed E-state index contributed by atoms with van der Waals surface area (Å²) in [7, 11) is 0. The lowest BCUT2D eigenvalue weighted by atomic mass is 9.97. The SMILES string of the molecule is CC(C)(C)OC(=O)N1C2C=C(c3cscc3Br)CC1CC2. The molecule has 3 heterocycles. The number of fused-ring (bicyclic) bond motifs is 2. The van der Waals surface area contributed by atoms with Gasteiger partial charge in [0, 0.05) is 21.5 Å². The van der Waals surface area contributed by atoms with Crippen molar-refractivity contribution in [1.29, 1.82) is 0 Å². The molecule has 0 radical (unpaired) electrons. The average Bonchev–Trinajstić information content (AvgIpc) is 2.89. The second-order valence-electron chi connectivity index (χ2n) is 6.72. The van der Waals surface area contributed by atoms with Crippen LogP contribution in [0.4, 0.5) is 4.79 Å². The fourth-order valence-electron chi connectivity index (χ4n) is 3.14. The molecule has 114 valence electrons. The normalized spacial score (nSPS) is 25.0. The van der Waals surface area contributed by atoms with Gasteiger partial charge in [0.2, 0.25) is 0 Å². The number of rotatable bonds is 1. The van der Waals surface area contributed by atoms with Crippen molar-refractivity contribution >= 4 is 38.9 Å². The van der Waals surface area contributed by atoms with E-state index in [-0.39, 0.29) is 18.2 Å². The first-order valence-corrected chi connectivity index (χ1v) is 9.03. The third kappa shape index (κ3) is 3.04. The molecule has 0 saturated carbocycles. The summed E-state index contributed by atoms with van der Waals surface area (Å²) in [4.78, 5) is 14.3. The maximum absolute atomic E-state index is 12.4. The molecule has 21 heavy (non-hydrogen) atoms. The largest absolute Gasteiger partial charge is 0.444 e. The molecule has 1 saturated heterocycles. The van der Waals surface area contributed by atoms with Crippen LogP contribution < -0.4 is 0 Å². The monoisotopic (exact) mass is 369 g/mol. The maximum atomic E-state index is 12.4. The Kier molecular flexibility index (Phi) is 3.91. The molecule has 1 fully saturated rings. The van der Waals surface area contributed by atoms with Crippen LogP contribution in [-0.4, -0.2) is 28.7 Å². The zero-order chi connectivity index (χ0) is 15.2. The summed E-state index contributed by atoms with van der Waals surface area (Å²) in [6.07, 6.45) is 5.10. The van der Waals surface area contributed by atoms with E-state index >= 15 is 0 Å². The predicted molar refractivity (Wildman–Crippen MR) is 89.5 cm³/mol. The first-order valence-electron chi connectivity index (χ1n) is 7.29. The minimum atomic E-state index is -0.434. The van der Waals surface area contributed by atoms with Crippen LogP contribution in [0.1, 0.15) is 45.6 Å². The molecule has 1 aromatic heterocycles. The van der Waals surface area contributed by atoms with Crippen LogP contribution in [0, 0.1) is 0 Å². The number of halogens is 1. The van der Waals surface area contributed by atoms with E-state index in [2.05, 4.69) is 32.8 Å². The highest BCUT2D eigenvalue weighted by molar-refractivity contribution is 9.10. The Morgan fingerprint density at radius 3 is 2.71 bits per heavy atom. The quantitative estimate of drug-likeness (QED) is 0.691. The third-order valence-electron chi connectivity index (χ3n) is 3.96. The highest BCUT2D eigenvalue weighted by Crippen LogP contribution is 2.41. The zero-order valence-corrected chi connectivity index (χ0v) is 15.0. The van der Waals surface area contributed by atoms with E-state index in [4.69, 9.17) is 4.74 Å². The average molecular weight is 370 g/mol. The molecule has 0 aromatic carbocycles. The molecule has 2 aliphatic heterocycles. The molecule has 1 aromatic rings. The van der Waals surface area contributed by atoms with Crippen LogP contribution in [0.15, 0.2) is 21.3 Å². The summed E-state index contributed by atoms with van der Waals surface area (Å²) in [5.74, 6) is 0. The van der Waals surface area contributed by atoms with Crippen LogP contribution in [0.2, 0.25) is 0 Å². The van der Waals surface area contributed by atoms with Crippen LogP contribution in [0.3, 0.4) is 0 Å². The highest BCUT2D eigenvalue weighted by Gasteiger charge is 2.41. The van der Waals surface area contributed by atoms with E-state index in [0.717, 1.165) is 23.7 Å². The van der Waals surface area contributed by atoms with E-state index in [1.54, 1.807) is 11.3 Å². The molecule has 5 heteroatoms. The summed E-state index contributed by atoms with van der Waals surface area (Å²) in [5.41, 5.74) is 2.20. The lowest BCUT2D eigenvalue weighted by Gasteiger charge is -2.35. The Morgan fingerprint density at radius 2 is 2.14 bits per heavy atom.